The highest BCUT2D eigenvalue weighted by atomic mass is 16.1. The van der Waals surface area contributed by atoms with Gasteiger partial charge in [-0.05, 0) is 12.1 Å². The van der Waals surface area contributed by atoms with E-state index in [1.165, 1.54) is 6.21 Å². The van der Waals surface area contributed by atoms with E-state index in [0.717, 1.165) is 0 Å². The molecule has 0 saturated carbocycles. The second-order valence-electron chi connectivity index (χ2n) is 2.24. The highest BCUT2D eigenvalue weighted by Crippen LogP contribution is 1.99. The first kappa shape index (κ1) is 8.34. The minimum Gasteiger partial charge on any atom is -0.313 e. The molecule has 0 spiro atoms. The molecule has 0 rings (SSSR count). The fourth-order valence-corrected chi connectivity index (χ4v) is 0.562. The van der Waals surface area contributed by atoms with Crippen molar-refractivity contribution in [2.45, 2.75) is 26.7 Å². The molecule has 0 heterocycles. The van der Waals surface area contributed by atoms with Crippen molar-refractivity contribution in [1.29, 1.82) is 5.41 Å². The van der Waals surface area contributed by atoms with E-state index in [1.54, 1.807) is 0 Å². The summed E-state index contributed by atoms with van der Waals surface area (Å²) in [7, 11) is 0. The summed E-state index contributed by atoms with van der Waals surface area (Å²) < 4.78 is 0. The van der Waals surface area contributed by atoms with Crippen LogP contribution in [0.4, 0.5) is 0 Å². The fraction of sp³-hybridized carbons (Fsp3) is 0.714. The standard InChI is InChI=1S/C7H13NO/c1-3-7(9)4-6(2)5-8/h5-6,8H,3-4H2,1-2H3. The molecule has 0 aliphatic rings. The van der Waals surface area contributed by atoms with E-state index >= 15 is 0 Å². The van der Waals surface area contributed by atoms with Gasteiger partial charge in [0.05, 0.1) is 0 Å². The summed E-state index contributed by atoms with van der Waals surface area (Å²) in [4.78, 5) is 10.7. The van der Waals surface area contributed by atoms with Gasteiger partial charge in [-0.1, -0.05) is 13.8 Å². The second kappa shape index (κ2) is 4.24. The largest absolute Gasteiger partial charge is 0.313 e. The van der Waals surface area contributed by atoms with Gasteiger partial charge in [-0.3, -0.25) is 4.79 Å². The highest BCUT2D eigenvalue weighted by molar-refractivity contribution is 5.80. The van der Waals surface area contributed by atoms with Crippen LogP contribution in [0.25, 0.3) is 0 Å². The summed E-state index contributed by atoms with van der Waals surface area (Å²) in [6.45, 7) is 3.72. The van der Waals surface area contributed by atoms with Crippen molar-refractivity contribution >= 4 is 12.0 Å². The van der Waals surface area contributed by atoms with Crippen molar-refractivity contribution in [2.75, 3.05) is 0 Å². The molecule has 0 saturated heterocycles. The van der Waals surface area contributed by atoms with Gasteiger partial charge in [0.1, 0.15) is 5.78 Å². The van der Waals surface area contributed by atoms with Gasteiger partial charge in [-0.2, -0.15) is 0 Å². The van der Waals surface area contributed by atoms with Crippen molar-refractivity contribution in [3.05, 3.63) is 0 Å². The first-order valence-electron chi connectivity index (χ1n) is 3.23. The molecule has 1 unspecified atom stereocenters. The summed E-state index contributed by atoms with van der Waals surface area (Å²) >= 11 is 0. The zero-order valence-corrected chi connectivity index (χ0v) is 5.98. The maximum absolute atomic E-state index is 10.7. The Kier molecular flexibility index (Phi) is 3.93. The fourth-order valence-electron chi connectivity index (χ4n) is 0.562. The SMILES string of the molecule is CCC(=O)CC(C)C=N. The summed E-state index contributed by atoms with van der Waals surface area (Å²) in [6, 6.07) is 0. The molecule has 0 fully saturated rings. The van der Waals surface area contributed by atoms with Gasteiger partial charge in [0, 0.05) is 12.8 Å². The van der Waals surface area contributed by atoms with Crippen molar-refractivity contribution in [3.8, 4) is 0 Å². The lowest BCUT2D eigenvalue weighted by Gasteiger charge is -1.99. The molecular weight excluding hydrogens is 114 g/mol. The van der Waals surface area contributed by atoms with Crippen LogP contribution in [-0.2, 0) is 4.79 Å². The number of hydrogen-bond donors (Lipinski definition) is 1. The molecule has 0 bridgehead atoms. The van der Waals surface area contributed by atoms with Crippen molar-refractivity contribution in [2.24, 2.45) is 5.92 Å². The average Bonchev–Trinajstić information content (AvgIpc) is 1.87. The van der Waals surface area contributed by atoms with Crippen LogP contribution < -0.4 is 0 Å². The molecular formula is C7H13NO. The van der Waals surface area contributed by atoms with Crippen LogP contribution in [0.1, 0.15) is 26.7 Å². The van der Waals surface area contributed by atoms with E-state index < -0.39 is 0 Å². The number of carbonyl (C=O) groups is 1. The van der Waals surface area contributed by atoms with Crippen LogP contribution >= 0.6 is 0 Å². The van der Waals surface area contributed by atoms with E-state index in [9.17, 15) is 4.79 Å². The van der Waals surface area contributed by atoms with Gasteiger partial charge < -0.3 is 5.41 Å². The Balaban J connectivity index is 3.46. The Morgan fingerprint density at radius 3 is 2.67 bits per heavy atom. The topological polar surface area (TPSA) is 40.9 Å². The Labute approximate surface area is 55.8 Å². The predicted molar refractivity (Wildman–Crippen MR) is 37.9 cm³/mol. The number of ketones is 1. The molecule has 0 aliphatic carbocycles. The summed E-state index contributed by atoms with van der Waals surface area (Å²) in [5, 5.41) is 6.80. The third-order valence-electron chi connectivity index (χ3n) is 1.23. The second-order valence-corrected chi connectivity index (χ2v) is 2.24. The van der Waals surface area contributed by atoms with Crippen LogP contribution in [0.15, 0.2) is 0 Å². The van der Waals surface area contributed by atoms with E-state index in [0.29, 0.717) is 12.8 Å². The minimum atomic E-state index is 0.123. The third kappa shape index (κ3) is 3.88. The normalized spacial score (nSPS) is 12.7. The van der Waals surface area contributed by atoms with Crippen molar-refractivity contribution < 1.29 is 4.79 Å². The van der Waals surface area contributed by atoms with Gasteiger partial charge >= 0.3 is 0 Å². The van der Waals surface area contributed by atoms with E-state index in [1.807, 2.05) is 13.8 Å². The molecule has 2 nitrogen and oxygen atoms in total. The van der Waals surface area contributed by atoms with E-state index in [4.69, 9.17) is 5.41 Å². The first-order chi connectivity index (χ1) is 4.20. The predicted octanol–water partition coefficient (Wildman–Crippen LogP) is 1.64. The number of rotatable bonds is 4. The zero-order chi connectivity index (χ0) is 7.28. The number of nitrogens with one attached hydrogen (secondary N) is 1. The van der Waals surface area contributed by atoms with Gasteiger partial charge in [0.2, 0.25) is 0 Å². The average molecular weight is 127 g/mol. The lowest BCUT2D eigenvalue weighted by molar-refractivity contribution is -0.119. The number of carbonyl (C=O) groups excluding carboxylic acids is 1. The number of hydrogen-bond acceptors (Lipinski definition) is 2. The molecule has 2 heteroatoms. The Bertz CT molecular complexity index is 109. The highest BCUT2D eigenvalue weighted by Gasteiger charge is 2.02. The number of Topliss-reactive ketones (excluding diaryl/α,β-unsaturated/α-hetero) is 1. The van der Waals surface area contributed by atoms with Gasteiger partial charge in [-0.25, -0.2) is 0 Å². The maximum Gasteiger partial charge on any atom is 0.133 e. The van der Waals surface area contributed by atoms with E-state index in [-0.39, 0.29) is 11.7 Å². The van der Waals surface area contributed by atoms with Crippen LogP contribution in [0.3, 0.4) is 0 Å². The summed E-state index contributed by atoms with van der Waals surface area (Å²) in [5.74, 6) is 0.364. The van der Waals surface area contributed by atoms with Crippen LogP contribution in [-0.4, -0.2) is 12.0 Å². The molecule has 0 radical (unpaired) electrons. The van der Waals surface area contributed by atoms with Crippen LogP contribution in [0.2, 0.25) is 0 Å². The molecule has 0 aromatic carbocycles. The smallest absolute Gasteiger partial charge is 0.133 e. The zero-order valence-electron chi connectivity index (χ0n) is 5.98. The molecule has 0 aromatic rings. The van der Waals surface area contributed by atoms with Crippen molar-refractivity contribution in [3.63, 3.8) is 0 Å². The van der Waals surface area contributed by atoms with Gasteiger partial charge in [-0.15, -0.1) is 0 Å². The van der Waals surface area contributed by atoms with Gasteiger partial charge in [0.15, 0.2) is 0 Å². The Morgan fingerprint density at radius 2 is 2.33 bits per heavy atom. The summed E-state index contributed by atoms with van der Waals surface area (Å²) in [5.41, 5.74) is 0. The lowest BCUT2D eigenvalue weighted by atomic mass is 10.1. The minimum absolute atomic E-state index is 0.123. The van der Waals surface area contributed by atoms with Crippen molar-refractivity contribution in [1.82, 2.24) is 0 Å². The molecule has 0 amide bonds. The molecule has 1 atom stereocenters. The third-order valence-corrected chi connectivity index (χ3v) is 1.23. The monoisotopic (exact) mass is 127 g/mol. The van der Waals surface area contributed by atoms with E-state index in [2.05, 4.69) is 0 Å². The molecule has 52 valence electrons. The quantitative estimate of drug-likeness (QED) is 0.573. The van der Waals surface area contributed by atoms with Crippen LogP contribution in [0, 0.1) is 11.3 Å². The Morgan fingerprint density at radius 1 is 1.78 bits per heavy atom. The molecule has 1 N–H and O–H groups in total. The molecule has 9 heavy (non-hydrogen) atoms. The lowest BCUT2D eigenvalue weighted by Crippen LogP contribution is -2.04. The maximum atomic E-state index is 10.7. The van der Waals surface area contributed by atoms with Crippen LogP contribution in [0.5, 0.6) is 0 Å². The van der Waals surface area contributed by atoms with Gasteiger partial charge in [0.25, 0.3) is 0 Å². The molecule has 0 aromatic heterocycles. The summed E-state index contributed by atoms with van der Waals surface area (Å²) in [6.07, 6.45) is 2.44. The Hall–Kier alpha value is -0.660. The first-order valence-corrected chi connectivity index (χ1v) is 3.23. The molecule has 0 aliphatic heterocycles.